The molecule has 7 aromatic carbocycles. The molecule has 0 atom stereocenters. The lowest BCUT2D eigenvalue weighted by Crippen LogP contribution is -2.02. The first-order chi connectivity index (χ1) is 23.3. The number of fused-ring (bicyclic) bond motifs is 13. The molecule has 0 N–H and O–H groups in total. The van der Waals surface area contributed by atoms with Crippen LogP contribution in [0.2, 0.25) is 0 Å². The summed E-state index contributed by atoms with van der Waals surface area (Å²) in [4.78, 5) is 11.9. The first kappa shape index (κ1) is 25.2. The van der Waals surface area contributed by atoms with E-state index in [0.29, 0.717) is 5.95 Å². The van der Waals surface area contributed by atoms with Crippen LogP contribution >= 0.6 is 11.3 Å². The Kier molecular flexibility index (Phi) is 4.96. The van der Waals surface area contributed by atoms with Gasteiger partial charge in [0.05, 0.1) is 16.7 Å². The van der Waals surface area contributed by atoms with Crippen LogP contribution in [0.25, 0.3) is 103 Å². The Labute approximate surface area is 271 Å². The SMILES string of the molecule is c1ccc2c(c1)ccc1c2c2c3ccccc3ccc2n1-c1nc(-c2cccc3oc4ccccc4c23)c2c(n1)sc1ccccc12. The van der Waals surface area contributed by atoms with Gasteiger partial charge in [-0.2, -0.15) is 0 Å². The lowest BCUT2D eigenvalue weighted by Gasteiger charge is -2.11. The van der Waals surface area contributed by atoms with Gasteiger partial charge >= 0.3 is 0 Å². The summed E-state index contributed by atoms with van der Waals surface area (Å²) in [5.41, 5.74) is 5.86. The van der Waals surface area contributed by atoms with Crippen molar-refractivity contribution in [3.05, 3.63) is 140 Å². The normalized spacial score (nSPS) is 12.3. The van der Waals surface area contributed by atoms with E-state index in [2.05, 4.69) is 126 Å². The molecule has 0 bridgehead atoms. The molecule has 0 radical (unpaired) electrons. The van der Waals surface area contributed by atoms with Crippen molar-refractivity contribution in [3.63, 3.8) is 0 Å². The molecule has 0 fully saturated rings. The molecule has 0 aliphatic heterocycles. The lowest BCUT2D eigenvalue weighted by molar-refractivity contribution is 0.669. The van der Waals surface area contributed by atoms with Gasteiger partial charge in [-0.25, -0.2) is 9.97 Å². The summed E-state index contributed by atoms with van der Waals surface area (Å²) in [6.07, 6.45) is 0. The number of rotatable bonds is 2. The quantitative estimate of drug-likeness (QED) is 0.194. The molecule has 0 amide bonds. The van der Waals surface area contributed by atoms with Gasteiger partial charge in [0, 0.05) is 42.6 Å². The number of hydrogen-bond acceptors (Lipinski definition) is 4. The highest BCUT2D eigenvalue weighted by molar-refractivity contribution is 7.25. The predicted octanol–water partition coefficient (Wildman–Crippen LogP) is 11.8. The van der Waals surface area contributed by atoms with E-state index in [1.165, 1.54) is 37.0 Å². The highest BCUT2D eigenvalue weighted by Crippen LogP contribution is 2.45. The molecule has 4 heterocycles. The number of thiophene rings is 1. The Balaban J connectivity index is 1.34. The molecule has 11 aromatic rings. The van der Waals surface area contributed by atoms with Gasteiger partial charge in [-0.1, -0.05) is 109 Å². The second kappa shape index (κ2) is 9.25. The lowest BCUT2D eigenvalue weighted by atomic mass is 10.00. The summed E-state index contributed by atoms with van der Waals surface area (Å²) in [6.45, 7) is 0. The van der Waals surface area contributed by atoms with Crippen LogP contribution in [-0.4, -0.2) is 14.5 Å². The second-order valence-corrected chi connectivity index (χ2v) is 13.2. The van der Waals surface area contributed by atoms with Gasteiger partial charge in [-0.3, -0.25) is 4.57 Å². The highest BCUT2D eigenvalue weighted by atomic mass is 32.1. The minimum Gasteiger partial charge on any atom is -0.456 e. The number of nitrogens with zero attached hydrogens (tertiary/aromatic N) is 3. The Morgan fingerprint density at radius 3 is 1.83 bits per heavy atom. The van der Waals surface area contributed by atoms with Gasteiger partial charge in [0.15, 0.2) is 0 Å². The third-order valence-corrected chi connectivity index (χ3v) is 10.7. The molecular weight excluding hydrogens is 595 g/mol. The minimum atomic E-state index is 0.662. The smallest absolute Gasteiger partial charge is 0.236 e. The van der Waals surface area contributed by atoms with E-state index in [-0.39, 0.29) is 0 Å². The maximum absolute atomic E-state index is 6.35. The van der Waals surface area contributed by atoms with E-state index in [1.54, 1.807) is 11.3 Å². The summed E-state index contributed by atoms with van der Waals surface area (Å²) in [5, 5.41) is 11.7. The summed E-state index contributed by atoms with van der Waals surface area (Å²) < 4.78 is 9.81. The Bertz CT molecular complexity index is 3000. The fourth-order valence-corrected chi connectivity index (χ4v) is 8.71. The highest BCUT2D eigenvalue weighted by Gasteiger charge is 2.23. The molecule has 0 aliphatic carbocycles. The van der Waals surface area contributed by atoms with Crippen molar-refractivity contribution in [2.24, 2.45) is 0 Å². The van der Waals surface area contributed by atoms with Gasteiger partial charge < -0.3 is 4.42 Å². The third-order valence-electron chi connectivity index (χ3n) is 9.63. The molecule has 4 aromatic heterocycles. The van der Waals surface area contributed by atoms with E-state index in [1.807, 2.05) is 18.2 Å². The average Bonchev–Trinajstić information content (AvgIpc) is 3.80. The predicted molar refractivity (Wildman–Crippen MR) is 197 cm³/mol. The fraction of sp³-hybridized carbons (Fsp3) is 0. The van der Waals surface area contributed by atoms with Gasteiger partial charge in [-0.05, 0) is 51.9 Å². The number of aromatic nitrogens is 3. The van der Waals surface area contributed by atoms with Crippen molar-refractivity contribution in [2.75, 3.05) is 0 Å². The first-order valence-corrected chi connectivity index (χ1v) is 16.6. The molecule has 47 heavy (non-hydrogen) atoms. The second-order valence-electron chi connectivity index (χ2n) is 12.1. The molecule has 0 saturated carbocycles. The molecule has 0 aliphatic rings. The molecule has 11 rings (SSSR count). The average molecular weight is 618 g/mol. The van der Waals surface area contributed by atoms with E-state index < -0.39 is 0 Å². The van der Waals surface area contributed by atoms with E-state index >= 15 is 0 Å². The summed E-state index contributed by atoms with van der Waals surface area (Å²) in [7, 11) is 0. The third kappa shape index (κ3) is 3.41. The summed E-state index contributed by atoms with van der Waals surface area (Å²) >= 11 is 1.72. The Morgan fingerprint density at radius 2 is 1.09 bits per heavy atom. The number of para-hydroxylation sites is 1. The molecule has 0 spiro atoms. The number of hydrogen-bond donors (Lipinski definition) is 0. The Hall–Kier alpha value is -6.04. The molecule has 5 heteroatoms. The Morgan fingerprint density at radius 1 is 0.468 bits per heavy atom. The topological polar surface area (TPSA) is 43.9 Å². The van der Waals surface area contributed by atoms with Crippen LogP contribution in [0, 0.1) is 0 Å². The summed E-state index contributed by atoms with van der Waals surface area (Å²) in [6, 6.07) is 49.3. The van der Waals surface area contributed by atoms with Crippen LogP contribution < -0.4 is 0 Å². The van der Waals surface area contributed by atoms with Gasteiger partial charge in [0.2, 0.25) is 5.95 Å². The van der Waals surface area contributed by atoms with E-state index in [0.717, 1.165) is 59.8 Å². The largest absolute Gasteiger partial charge is 0.456 e. The zero-order valence-electron chi connectivity index (χ0n) is 24.9. The maximum atomic E-state index is 6.35. The maximum Gasteiger partial charge on any atom is 0.236 e. The molecule has 218 valence electrons. The van der Waals surface area contributed by atoms with Crippen LogP contribution in [0.5, 0.6) is 0 Å². The molecule has 4 nitrogen and oxygen atoms in total. The monoisotopic (exact) mass is 617 g/mol. The van der Waals surface area contributed by atoms with Gasteiger partial charge in [0.25, 0.3) is 0 Å². The van der Waals surface area contributed by atoms with Crippen LogP contribution in [0.15, 0.2) is 144 Å². The number of furan rings is 1. The number of benzene rings is 7. The van der Waals surface area contributed by atoms with Crippen molar-refractivity contribution < 1.29 is 4.42 Å². The van der Waals surface area contributed by atoms with E-state index in [9.17, 15) is 0 Å². The summed E-state index contributed by atoms with van der Waals surface area (Å²) in [5.74, 6) is 0.662. The van der Waals surface area contributed by atoms with Crippen LogP contribution in [-0.2, 0) is 0 Å². The van der Waals surface area contributed by atoms with Crippen LogP contribution in [0.3, 0.4) is 0 Å². The van der Waals surface area contributed by atoms with E-state index in [4.69, 9.17) is 14.4 Å². The first-order valence-electron chi connectivity index (χ1n) is 15.8. The standard InChI is InChI=1S/C42H23N3OS/c1-3-12-26-24(10-1)20-22-31-37(26)38-27-13-4-2-11-25(27)21-23-32(38)45(31)42-43-40(39-29-15-6-8-19-35(29)47-41(39)44-42)30-16-9-18-34-36(30)28-14-5-7-17-33(28)46-34/h1-23H. The van der Waals surface area contributed by atoms with Crippen molar-refractivity contribution in [3.8, 4) is 17.2 Å². The minimum absolute atomic E-state index is 0.662. The molecule has 0 unspecified atom stereocenters. The van der Waals surface area contributed by atoms with Gasteiger partial charge in [-0.15, -0.1) is 11.3 Å². The van der Waals surface area contributed by atoms with Crippen LogP contribution in [0.1, 0.15) is 0 Å². The molecular formula is C42H23N3OS. The fourth-order valence-electron chi connectivity index (χ4n) is 7.64. The van der Waals surface area contributed by atoms with Crippen molar-refractivity contribution in [2.45, 2.75) is 0 Å². The molecule has 0 saturated heterocycles. The van der Waals surface area contributed by atoms with Crippen molar-refractivity contribution in [1.82, 2.24) is 14.5 Å². The van der Waals surface area contributed by atoms with Crippen molar-refractivity contribution in [1.29, 1.82) is 0 Å². The van der Waals surface area contributed by atoms with Crippen LogP contribution in [0.4, 0.5) is 0 Å². The zero-order valence-corrected chi connectivity index (χ0v) is 25.8. The zero-order chi connectivity index (χ0) is 30.6. The van der Waals surface area contributed by atoms with Crippen molar-refractivity contribution >= 4 is 96.9 Å². The van der Waals surface area contributed by atoms with Gasteiger partial charge in [0.1, 0.15) is 16.0 Å².